The van der Waals surface area contributed by atoms with Crippen LogP contribution in [0.15, 0.2) is 30.3 Å². The van der Waals surface area contributed by atoms with Crippen molar-refractivity contribution in [1.82, 2.24) is 15.2 Å². The summed E-state index contributed by atoms with van der Waals surface area (Å²) in [6.07, 6.45) is 6.20. The fourth-order valence-corrected chi connectivity index (χ4v) is 4.86. The summed E-state index contributed by atoms with van der Waals surface area (Å²) in [5.74, 6) is 1.48. The number of nitrogens with one attached hydrogen (secondary N) is 1. The van der Waals surface area contributed by atoms with Crippen LogP contribution in [0.5, 0.6) is 5.75 Å². The van der Waals surface area contributed by atoms with Gasteiger partial charge in [-0.2, -0.15) is 5.26 Å². The molecule has 1 amide bonds. The summed E-state index contributed by atoms with van der Waals surface area (Å²) < 4.78 is 6.03. The number of hydrogen-bond acceptors (Lipinski definition) is 5. The van der Waals surface area contributed by atoms with Crippen LogP contribution in [0.25, 0.3) is 0 Å². The van der Waals surface area contributed by atoms with Gasteiger partial charge in [0.15, 0.2) is 0 Å². The zero-order valence-corrected chi connectivity index (χ0v) is 19.1. The van der Waals surface area contributed by atoms with Crippen LogP contribution < -0.4 is 10.1 Å². The molecule has 2 heterocycles. The normalized spacial score (nSPS) is 17.4. The number of likely N-dealkylation sites (tertiary alicyclic amines) is 1. The quantitative estimate of drug-likeness (QED) is 0.714. The molecule has 4 rings (SSSR count). The van der Waals surface area contributed by atoms with Crippen molar-refractivity contribution in [1.29, 1.82) is 5.26 Å². The van der Waals surface area contributed by atoms with E-state index in [1.54, 1.807) is 7.05 Å². The number of carbonyl (C=O) groups is 1. The van der Waals surface area contributed by atoms with E-state index in [-0.39, 0.29) is 11.8 Å². The highest BCUT2D eigenvalue weighted by Gasteiger charge is 2.32. The van der Waals surface area contributed by atoms with Gasteiger partial charge in [-0.1, -0.05) is 31.4 Å². The molecule has 1 N–H and O–H groups in total. The Morgan fingerprint density at radius 3 is 2.69 bits per heavy atom. The maximum atomic E-state index is 11.6. The van der Waals surface area contributed by atoms with Gasteiger partial charge in [-0.25, -0.2) is 0 Å². The van der Waals surface area contributed by atoms with Crippen LogP contribution >= 0.6 is 0 Å². The molecule has 6 nitrogen and oxygen atoms in total. The van der Waals surface area contributed by atoms with Gasteiger partial charge in [-0.15, -0.1) is 0 Å². The van der Waals surface area contributed by atoms with E-state index in [1.165, 1.54) is 37.7 Å². The van der Waals surface area contributed by atoms with Crippen molar-refractivity contribution in [2.24, 2.45) is 5.92 Å². The first-order valence-corrected chi connectivity index (χ1v) is 11.6. The van der Waals surface area contributed by atoms with Crippen LogP contribution in [0.2, 0.25) is 0 Å². The Bertz CT molecular complexity index is 1000. The zero-order chi connectivity index (χ0) is 22.5. The van der Waals surface area contributed by atoms with Gasteiger partial charge in [-0.05, 0) is 55.0 Å². The van der Waals surface area contributed by atoms with E-state index < -0.39 is 0 Å². The molecule has 1 aliphatic heterocycles. The van der Waals surface area contributed by atoms with E-state index in [0.29, 0.717) is 12.5 Å². The molecule has 168 valence electrons. The average molecular weight is 433 g/mol. The van der Waals surface area contributed by atoms with Crippen molar-refractivity contribution >= 4 is 5.91 Å². The number of nitriles is 1. The summed E-state index contributed by atoms with van der Waals surface area (Å²) in [7, 11) is 1.68. The average Bonchev–Trinajstić information content (AvgIpc) is 2.80. The largest absolute Gasteiger partial charge is 0.487 e. The molecule has 1 aromatic carbocycles. The third-order valence-electron chi connectivity index (χ3n) is 6.73. The number of pyridine rings is 1. The number of amides is 1. The highest BCUT2D eigenvalue weighted by Crippen LogP contribution is 2.34. The van der Waals surface area contributed by atoms with Crippen molar-refractivity contribution in [2.45, 2.75) is 58.1 Å². The number of hydrogen-bond donors (Lipinski definition) is 1. The second-order valence-electron chi connectivity index (χ2n) is 9.05. The van der Waals surface area contributed by atoms with Crippen molar-refractivity contribution in [3.63, 3.8) is 0 Å². The minimum atomic E-state index is 0.0894. The highest BCUT2D eigenvalue weighted by atomic mass is 16.5. The number of benzene rings is 1. The molecular formula is C26H32N4O2. The van der Waals surface area contributed by atoms with Crippen LogP contribution in [0.1, 0.15) is 66.1 Å². The molecule has 0 radical (unpaired) electrons. The molecule has 2 fully saturated rings. The number of ether oxygens (including phenoxy) is 1. The molecule has 0 bridgehead atoms. The van der Waals surface area contributed by atoms with Gasteiger partial charge < -0.3 is 10.1 Å². The first-order valence-electron chi connectivity index (χ1n) is 11.6. The lowest BCUT2D eigenvalue weighted by Gasteiger charge is -2.37. The fraction of sp³-hybridized carbons (Fsp3) is 0.500. The third-order valence-corrected chi connectivity index (χ3v) is 6.73. The lowest BCUT2D eigenvalue weighted by atomic mass is 9.82. The van der Waals surface area contributed by atoms with Gasteiger partial charge in [0.25, 0.3) is 0 Å². The predicted octanol–water partition coefficient (Wildman–Crippen LogP) is 4.07. The first kappa shape index (κ1) is 22.3. The van der Waals surface area contributed by atoms with Gasteiger partial charge in [-0.3, -0.25) is 14.7 Å². The molecular weight excluding hydrogens is 400 g/mol. The molecule has 1 aromatic heterocycles. The van der Waals surface area contributed by atoms with Crippen LogP contribution in [0.3, 0.4) is 0 Å². The van der Waals surface area contributed by atoms with E-state index in [1.807, 2.05) is 25.1 Å². The standard InChI is InChI=1S/C26H32N4O2/c1-18-25(11-9-23(29-18)16-30-14-22(15-30)26(31)28-2)32-17-19-8-10-24(21(12-19)13-27)20-6-4-3-5-7-20/h8-12,20,22H,3-7,14-17H2,1-2H3,(H,28,31). The third kappa shape index (κ3) is 5.11. The SMILES string of the molecule is CNC(=O)C1CN(Cc2ccc(OCc3ccc(C4CCCCC4)c(C#N)c3)c(C)n2)C1. The van der Waals surface area contributed by atoms with Gasteiger partial charge in [0, 0.05) is 26.7 Å². The minimum absolute atomic E-state index is 0.0894. The number of carbonyl (C=O) groups excluding carboxylic acids is 1. The van der Waals surface area contributed by atoms with E-state index in [0.717, 1.165) is 47.9 Å². The number of nitrogens with zero attached hydrogens (tertiary/aromatic N) is 3. The number of aryl methyl sites for hydroxylation is 1. The van der Waals surface area contributed by atoms with Gasteiger partial charge >= 0.3 is 0 Å². The second kappa shape index (κ2) is 10.1. The molecule has 0 spiro atoms. The number of aromatic nitrogens is 1. The summed E-state index contributed by atoms with van der Waals surface area (Å²) in [6.45, 7) is 4.66. The molecule has 0 atom stereocenters. The Morgan fingerprint density at radius 2 is 2.00 bits per heavy atom. The highest BCUT2D eigenvalue weighted by molar-refractivity contribution is 5.79. The summed E-state index contributed by atoms with van der Waals surface area (Å²) >= 11 is 0. The minimum Gasteiger partial charge on any atom is -0.487 e. The summed E-state index contributed by atoms with van der Waals surface area (Å²) in [4.78, 5) is 18.5. The first-order chi connectivity index (χ1) is 15.6. The molecule has 2 aromatic rings. The Hall–Kier alpha value is -2.91. The second-order valence-corrected chi connectivity index (χ2v) is 9.05. The molecule has 2 aliphatic rings. The van der Waals surface area contributed by atoms with Gasteiger partial charge in [0.2, 0.25) is 5.91 Å². The molecule has 1 saturated carbocycles. The topological polar surface area (TPSA) is 78.3 Å². The van der Waals surface area contributed by atoms with Crippen molar-refractivity contribution in [2.75, 3.05) is 20.1 Å². The van der Waals surface area contributed by atoms with E-state index in [2.05, 4.69) is 33.4 Å². The maximum Gasteiger partial charge on any atom is 0.225 e. The summed E-state index contributed by atoms with van der Waals surface area (Å²) in [6, 6.07) is 12.5. The Kier molecular flexibility index (Phi) is 7.06. The molecule has 1 saturated heterocycles. The van der Waals surface area contributed by atoms with Crippen LogP contribution in [-0.2, 0) is 17.9 Å². The maximum absolute atomic E-state index is 11.6. The summed E-state index contributed by atoms with van der Waals surface area (Å²) in [5.41, 5.74) is 4.82. The van der Waals surface area contributed by atoms with Crippen LogP contribution in [0, 0.1) is 24.2 Å². The van der Waals surface area contributed by atoms with E-state index in [9.17, 15) is 10.1 Å². The Morgan fingerprint density at radius 1 is 1.22 bits per heavy atom. The molecule has 1 aliphatic carbocycles. The van der Waals surface area contributed by atoms with E-state index >= 15 is 0 Å². The van der Waals surface area contributed by atoms with E-state index in [4.69, 9.17) is 4.74 Å². The van der Waals surface area contributed by atoms with Crippen molar-refractivity contribution in [3.05, 3.63) is 58.4 Å². The molecule has 0 unspecified atom stereocenters. The Balaban J connectivity index is 1.34. The monoisotopic (exact) mass is 432 g/mol. The van der Waals surface area contributed by atoms with Crippen molar-refractivity contribution < 1.29 is 9.53 Å². The van der Waals surface area contributed by atoms with Crippen LogP contribution in [0.4, 0.5) is 0 Å². The molecule has 32 heavy (non-hydrogen) atoms. The fourth-order valence-electron chi connectivity index (χ4n) is 4.86. The lowest BCUT2D eigenvalue weighted by molar-refractivity contribution is -0.129. The smallest absolute Gasteiger partial charge is 0.225 e. The van der Waals surface area contributed by atoms with Crippen molar-refractivity contribution in [3.8, 4) is 11.8 Å². The van der Waals surface area contributed by atoms with Crippen LogP contribution in [-0.4, -0.2) is 35.9 Å². The summed E-state index contributed by atoms with van der Waals surface area (Å²) in [5, 5.41) is 12.4. The lowest BCUT2D eigenvalue weighted by Crippen LogP contribution is -2.52. The zero-order valence-electron chi connectivity index (χ0n) is 19.1. The van der Waals surface area contributed by atoms with Gasteiger partial charge in [0.05, 0.1) is 28.9 Å². The predicted molar refractivity (Wildman–Crippen MR) is 123 cm³/mol. The number of rotatable bonds is 7. The van der Waals surface area contributed by atoms with Gasteiger partial charge in [0.1, 0.15) is 12.4 Å². The molecule has 6 heteroatoms. The Labute approximate surface area is 190 Å².